The molecule has 0 spiro atoms. The maximum atomic E-state index is 12.9. The second kappa shape index (κ2) is 12.1. The highest BCUT2D eigenvalue weighted by Gasteiger charge is 2.43. The number of phenols is 1. The highest BCUT2D eigenvalue weighted by Crippen LogP contribution is 2.34. The number of anilines is 1. The smallest absolute Gasteiger partial charge is 0.405 e. The number of aliphatic hydroxyl groups excluding tert-OH is 1. The molecule has 1 aliphatic rings. The fourth-order valence-corrected chi connectivity index (χ4v) is 4.27. The first-order valence-electron chi connectivity index (χ1n) is 12.7. The van der Waals surface area contributed by atoms with Crippen molar-refractivity contribution in [1.29, 1.82) is 0 Å². The van der Waals surface area contributed by atoms with Crippen molar-refractivity contribution in [2.24, 2.45) is 5.73 Å². The van der Waals surface area contributed by atoms with E-state index in [1.54, 1.807) is 0 Å². The lowest BCUT2D eigenvalue weighted by Gasteiger charge is -2.35. The molecule has 0 fully saturated rings. The number of fused-ring (bicyclic) bond motifs is 1. The van der Waals surface area contributed by atoms with E-state index in [4.69, 9.17) is 29.1 Å². The number of ether oxygens (including phenoxy) is 4. The summed E-state index contributed by atoms with van der Waals surface area (Å²) in [5, 5.41) is 34.1. The summed E-state index contributed by atoms with van der Waals surface area (Å²) in [4.78, 5) is 37.0. The number of amides is 2. The Hall–Kier alpha value is -5.17. The number of nitrogens with two attached hydrogens (primary N) is 1. The third kappa shape index (κ3) is 6.25. The number of allylic oxidation sites excluding steroid dienone is 3. The van der Waals surface area contributed by atoms with Crippen LogP contribution in [0.3, 0.4) is 0 Å². The summed E-state index contributed by atoms with van der Waals surface area (Å²) < 4.78 is 26.7. The molecule has 6 N–H and O–H groups in total. The quantitative estimate of drug-likeness (QED) is 0.193. The number of methoxy groups -OCH3 is 1. The van der Waals surface area contributed by atoms with Crippen molar-refractivity contribution < 1.29 is 48.3 Å². The van der Waals surface area contributed by atoms with Crippen molar-refractivity contribution in [3.63, 3.8) is 0 Å². The minimum Gasteiger partial charge on any atom is -0.508 e. The number of hydrogen-bond donors (Lipinski definition) is 5. The summed E-state index contributed by atoms with van der Waals surface area (Å²) in [6.45, 7) is 5.32. The lowest BCUT2D eigenvalue weighted by atomic mass is 10.0. The van der Waals surface area contributed by atoms with Gasteiger partial charge in [0.05, 0.1) is 12.5 Å². The highest BCUT2D eigenvalue weighted by atomic mass is 16.7. The van der Waals surface area contributed by atoms with Crippen molar-refractivity contribution in [2.75, 3.05) is 12.4 Å². The van der Waals surface area contributed by atoms with Crippen molar-refractivity contribution in [1.82, 2.24) is 0 Å². The molecule has 42 heavy (non-hydrogen) atoms. The SMILES string of the molecule is COC1=C(C)OC(Oc2ccc3c(O)c(NC(=O)c4ccc(O)c(CC=C(C)C)c4)c(=O)oc3c2)[C@@H](O)[C@H]1OC(N)=O. The van der Waals surface area contributed by atoms with Crippen LogP contribution in [0.5, 0.6) is 17.2 Å². The van der Waals surface area contributed by atoms with Gasteiger partial charge in [0.1, 0.15) is 22.8 Å². The van der Waals surface area contributed by atoms with Gasteiger partial charge in [0, 0.05) is 11.6 Å². The van der Waals surface area contributed by atoms with E-state index in [9.17, 15) is 29.7 Å². The first kappa shape index (κ1) is 29.8. The average molecular weight is 583 g/mol. The van der Waals surface area contributed by atoms with Crippen molar-refractivity contribution >= 4 is 28.7 Å². The monoisotopic (exact) mass is 582 g/mol. The van der Waals surface area contributed by atoms with Gasteiger partial charge in [-0.25, -0.2) is 9.59 Å². The van der Waals surface area contributed by atoms with E-state index in [1.807, 2.05) is 19.9 Å². The summed E-state index contributed by atoms with van der Waals surface area (Å²) in [7, 11) is 1.30. The van der Waals surface area contributed by atoms with Gasteiger partial charge in [0.15, 0.2) is 29.4 Å². The lowest BCUT2D eigenvalue weighted by Crippen LogP contribution is -2.49. The molecule has 3 atom stereocenters. The molecule has 0 saturated carbocycles. The molecule has 13 nitrogen and oxygen atoms in total. The molecule has 0 radical (unpaired) electrons. The van der Waals surface area contributed by atoms with E-state index in [2.05, 4.69) is 5.32 Å². The van der Waals surface area contributed by atoms with E-state index < -0.39 is 47.6 Å². The van der Waals surface area contributed by atoms with Gasteiger partial charge in [0.2, 0.25) is 0 Å². The van der Waals surface area contributed by atoms with Crippen LogP contribution >= 0.6 is 0 Å². The minimum atomic E-state index is -1.55. The Morgan fingerprint density at radius 2 is 1.88 bits per heavy atom. The van der Waals surface area contributed by atoms with Gasteiger partial charge in [-0.05, 0) is 63.1 Å². The number of nitrogens with one attached hydrogen (secondary N) is 1. The molecule has 4 rings (SSSR count). The van der Waals surface area contributed by atoms with Gasteiger partial charge in [-0.2, -0.15) is 0 Å². The molecule has 2 aromatic carbocycles. The molecule has 2 heterocycles. The number of benzene rings is 2. The predicted molar refractivity (Wildman–Crippen MR) is 149 cm³/mol. The van der Waals surface area contributed by atoms with Gasteiger partial charge in [-0.15, -0.1) is 0 Å². The summed E-state index contributed by atoms with van der Waals surface area (Å²) in [5.74, 6) is -0.959. The van der Waals surface area contributed by atoms with Gasteiger partial charge in [0.25, 0.3) is 12.2 Å². The molecule has 1 unspecified atom stereocenters. The van der Waals surface area contributed by atoms with Crippen LogP contribution in [0.15, 0.2) is 68.8 Å². The maximum absolute atomic E-state index is 12.9. The van der Waals surface area contributed by atoms with Gasteiger partial charge < -0.3 is 49.7 Å². The molecule has 13 heteroatoms. The molecule has 3 aromatic rings. The van der Waals surface area contributed by atoms with Crippen LogP contribution in [0.4, 0.5) is 10.5 Å². The van der Waals surface area contributed by atoms with Crippen LogP contribution in [0.1, 0.15) is 36.7 Å². The lowest BCUT2D eigenvalue weighted by molar-refractivity contribution is -0.174. The minimum absolute atomic E-state index is 0.0162. The van der Waals surface area contributed by atoms with Crippen LogP contribution < -0.4 is 21.4 Å². The number of carbonyl (C=O) groups is 2. The Bertz CT molecular complexity index is 1650. The van der Waals surface area contributed by atoms with E-state index in [0.717, 1.165) is 5.57 Å². The summed E-state index contributed by atoms with van der Waals surface area (Å²) in [5.41, 5.74) is 5.19. The van der Waals surface area contributed by atoms with Gasteiger partial charge >= 0.3 is 11.7 Å². The van der Waals surface area contributed by atoms with Crippen molar-refractivity contribution in [3.05, 3.63) is 81.1 Å². The zero-order valence-corrected chi connectivity index (χ0v) is 23.2. The number of primary amides is 1. The van der Waals surface area contributed by atoms with Crippen LogP contribution in [0.2, 0.25) is 0 Å². The Kier molecular flexibility index (Phi) is 8.62. The number of aliphatic hydroxyl groups is 1. The Balaban J connectivity index is 1.58. The van der Waals surface area contributed by atoms with Gasteiger partial charge in [-0.3, -0.25) is 4.79 Å². The molecule has 0 bridgehead atoms. The fraction of sp³-hybridized carbons (Fsp3) is 0.276. The number of rotatable bonds is 8. The average Bonchev–Trinajstić information content (AvgIpc) is 2.92. The number of aromatic hydroxyl groups is 2. The van der Waals surface area contributed by atoms with Crippen LogP contribution in [-0.2, 0) is 20.6 Å². The third-order valence-corrected chi connectivity index (χ3v) is 6.36. The molecular formula is C29H30N2O11. The molecule has 222 valence electrons. The number of carbonyl (C=O) groups excluding carboxylic acids is 2. The molecule has 0 aliphatic carbocycles. The van der Waals surface area contributed by atoms with Gasteiger partial charge in [-0.1, -0.05) is 11.6 Å². The van der Waals surface area contributed by atoms with Crippen LogP contribution in [0, 0.1) is 0 Å². The summed E-state index contributed by atoms with van der Waals surface area (Å²) >= 11 is 0. The second-order valence-electron chi connectivity index (χ2n) is 9.63. The van der Waals surface area contributed by atoms with Crippen LogP contribution in [0.25, 0.3) is 11.0 Å². The first-order chi connectivity index (χ1) is 19.9. The third-order valence-electron chi connectivity index (χ3n) is 6.36. The second-order valence-corrected chi connectivity index (χ2v) is 9.63. The Morgan fingerprint density at radius 1 is 1.14 bits per heavy atom. The standard InChI is InChI=1S/C29H30N2O11/c1-13(2)5-6-15-11-16(7-10-19(15)32)26(35)31-21-22(33)18-9-8-17(12-20(18)41-27(21)36)40-28-23(34)25(42-29(30)37)24(38-4)14(3)39-28/h5,7-12,23,25,28,32-34H,6H2,1-4H3,(H2,30,37)(H,31,35)/t23-,25+,28?/m0/s1. The Labute approximate surface area is 239 Å². The molecular weight excluding hydrogens is 552 g/mol. The van der Waals surface area contributed by atoms with E-state index >= 15 is 0 Å². The molecule has 1 aliphatic heterocycles. The normalized spacial score (nSPS) is 18.2. The maximum Gasteiger partial charge on any atom is 0.405 e. The zero-order chi connectivity index (χ0) is 30.7. The van der Waals surface area contributed by atoms with Crippen molar-refractivity contribution in [2.45, 2.75) is 45.7 Å². The van der Waals surface area contributed by atoms with E-state index in [1.165, 1.54) is 50.4 Å². The largest absolute Gasteiger partial charge is 0.508 e. The molecule has 1 aromatic heterocycles. The van der Waals surface area contributed by atoms with E-state index in [-0.39, 0.29) is 39.6 Å². The number of hydrogen-bond acceptors (Lipinski definition) is 11. The van der Waals surface area contributed by atoms with E-state index in [0.29, 0.717) is 12.0 Å². The highest BCUT2D eigenvalue weighted by molar-refractivity contribution is 6.06. The fourth-order valence-electron chi connectivity index (χ4n) is 4.27. The zero-order valence-electron chi connectivity index (χ0n) is 23.2. The topological polar surface area (TPSA) is 200 Å². The van der Waals surface area contributed by atoms with Crippen molar-refractivity contribution in [3.8, 4) is 17.2 Å². The predicted octanol–water partition coefficient (Wildman–Crippen LogP) is 3.40. The summed E-state index contributed by atoms with van der Waals surface area (Å²) in [6, 6.07) is 8.27. The summed E-state index contributed by atoms with van der Waals surface area (Å²) in [6.07, 6.45) is -3.10. The molecule has 0 saturated heterocycles. The first-order valence-corrected chi connectivity index (χ1v) is 12.7. The number of phenolic OH excluding ortho intramolecular Hbond substituents is 1. The van der Waals surface area contributed by atoms with Crippen LogP contribution in [-0.4, -0.2) is 52.9 Å². The molecule has 2 amide bonds. The Morgan fingerprint density at radius 3 is 2.55 bits per heavy atom.